The van der Waals surface area contributed by atoms with Crippen molar-refractivity contribution in [1.29, 1.82) is 0 Å². The summed E-state index contributed by atoms with van der Waals surface area (Å²) < 4.78 is 0. The maximum Gasteiger partial charge on any atom is 0.262 e. The predicted molar refractivity (Wildman–Crippen MR) is 114 cm³/mol. The molecule has 3 aromatic rings. The molecule has 0 aliphatic carbocycles. The van der Waals surface area contributed by atoms with Crippen LogP contribution in [0.2, 0.25) is 5.02 Å². The van der Waals surface area contributed by atoms with Crippen LogP contribution in [0.1, 0.15) is 33.8 Å². The smallest absolute Gasteiger partial charge is 0.262 e. The molecule has 144 valence electrons. The molecule has 2 N–H and O–H groups in total. The summed E-state index contributed by atoms with van der Waals surface area (Å²) in [6.45, 7) is 1.89. The standard InChI is InChI=1S/C22H21ClN2O2S/c1-15(17-9-5-10-18(23)14-17)24-21(26)19(13-16-7-3-2-4-8-16)25-22(27)20-11-6-12-28-20/h2-12,14-15,19H,13H2,1H3,(H,24,26)(H,25,27). The second kappa shape index (κ2) is 9.53. The van der Waals surface area contributed by atoms with Crippen molar-refractivity contribution in [2.24, 2.45) is 0 Å². The van der Waals surface area contributed by atoms with Crippen LogP contribution < -0.4 is 10.6 Å². The lowest BCUT2D eigenvalue weighted by atomic mass is 10.0. The third kappa shape index (κ3) is 5.44. The minimum atomic E-state index is -0.682. The zero-order valence-electron chi connectivity index (χ0n) is 15.4. The molecule has 0 saturated heterocycles. The van der Waals surface area contributed by atoms with E-state index in [1.807, 2.05) is 66.9 Å². The average Bonchev–Trinajstić information content (AvgIpc) is 3.23. The summed E-state index contributed by atoms with van der Waals surface area (Å²) in [6.07, 6.45) is 0.409. The third-order valence-corrected chi connectivity index (χ3v) is 5.46. The van der Waals surface area contributed by atoms with Crippen LogP contribution >= 0.6 is 22.9 Å². The summed E-state index contributed by atoms with van der Waals surface area (Å²) in [5.74, 6) is -0.484. The molecule has 1 aromatic heterocycles. The Morgan fingerprint density at radius 3 is 2.46 bits per heavy atom. The number of nitrogens with one attached hydrogen (secondary N) is 2. The van der Waals surface area contributed by atoms with E-state index >= 15 is 0 Å². The summed E-state index contributed by atoms with van der Waals surface area (Å²) >= 11 is 7.40. The number of rotatable bonds is 7. The van der Waals surface area contributed by atoms with Gasteiger partial charge in [0, 0.05) is 11.4 Å². The molecule has 3 rings (SSSR count). The Kier molecular flexibility index (Phi) is 6.85. The fourth-order valence-electron chi connectivity index (χ4n) is 2.87. The number of hydrogen-bond acceptors (Lipinski definition) is 3. The van der Waals surface area contributed by atoms with Crippen LogP contribution in [0.3, 0.4) is 0 Å². The van der Waals surface area contributed by atoms with Crippen LogP contribution in [-0.2, 0) is 11.2 Å². The Morgan fingerprint density at radius 2 is 1.79 bits per heavy atom. The highest BCUT2D eigenvalue weighted by Crippen LogP contribution is 2.18. The van der Waals surface area contributed by atoms with E-state index in [1.54, 1.807) is 12.1 Å². The Bertz CT molecular complexity index is 929. The number of amides is 2. The van der Waals surface area contributed by atoms with E-state index in [0.29, 0.717) is 16.3 Å². The van der Waals surface area contributed by atoms with Gasteiger partial charge in [-0.1, -0.05) is 60.1 Å². The fraction of sp³-hybridized carbons (Fsp3) is 0.182. The molecule has 4 nitrogen and oxygen atoms in total. The topological polar surface area (TPSA) is 58.2 Å². The van der Waals surface area contributed by atoms with Gasteiger partial charge in [-0.15, -0.1) is 11.3 Å². The van der Waals surface area contributed by atoms with E-state index in [1.165, 1.54) is 11.3 Å². The van der Waals surface area contributed by atoms with Crippen molar-refractivity contribution < 1.29 is 9.59 Å². The largest absolute Gasteiger partial charge is 0.348 e. The first-order valence-corrected chi connectivity index (χ1v) is 10.2. The first kappa shape index (κ1) is 20.1. The molecule has 0 radical (unpaired) electrons. The lowest BCUT2D eigenvalue weighted by molar-refractivity contribution is -0.123. The molecule has 2 amide bonds. The quantitative estimate of drug-likeness (QED) is 0.594. The molecule has 0 spiro atoms. The molecule has 0 bridgehead atoms. The predicted octanol–water partition coefficient (Wildman–Crippen LogP) is 4.62. The molecule has 0 aliphatic heterocycles. The van der Waals surface area contributed by atoms with Crippen LogP contribution in [0.15, 0.2) is 72.1 Å². The average molecular weight is 413 g/mol. The molecule has 28 heavy (non-hydrogen) atoms. The van der Waals surface area contributed by atoms with Crippen LogP contribution in [-0.4, -0.2) is 17.9 Å². The Morgan fingerprint density at radius 1 is 1.00 bits per heavy atom. The SMILES string of the molecule is CC(NC(=O)C(Cc1ccccc1)NC(=O)c1cccs1)c1cccc(Cl)c1. The Hall–Kier alpha value is -2.63. The lowest BCUT2D eigenvalue weighted by Crippen LogP contribution is -2.48. The monoisotopic (exact) mass is 412 g/mol. The molecular formula is C22H21ClN2O2S. The Balaban J connectivity index is 1.74. The van der Waals surface area contributed by atoms with Crippen molar-refractivity contribution in [3.63, 3.8) is 0 Å². The zero-order chi connectivity index (χ0) is 19.9. The molecule has 0 aliphatic rings. The molecule has 2 atom stereocenters. The summed E-state index contributed by atoms with van der Waals surface area (Å²) in [5, 5.41) is 8.31. The van der Waals surface area contributed by atoms with Gasteiger partial charge in [0.05, 0.1) is 10.9 Å². The number of hydrogen-bond donors (Lipinski definition) is 2. The minimum Gasteiger partial charge on any atom is -0.348 e. The third-order valence-electron chi connectivity index (χ3n) is 4.36. The van der Waals surface area contributed by atoms with Crippen LogP contribution in [0, 0.1) is 0 Å². The van der Waals surface area contributed by atoms with Gasteiger partial charge >= 0.3 is 0 Å². The molecule has 0 fully saturated rings. The van der Waals surface area contributed by atoms with E-state index in [9.17, 15) is 9.59 Å². The molecule has 2 aromatic carbocycles. The van der Waals surface area contributed by atoms with Crippen molar-refractivity contribution in [3.8, 4) is 0 Å². The highest BCUT2D eigenvalue weighted by Gasteiger charge is 2.24. The molecular weight excluding hydrogens is 392 g/mol. The van der Waals surface area contributed by atoms with E-state index < -0.39 is 6.04 Å². The van der Waals surface area contributed by atoms with Gasteiger partial charge < -0.3 is 10.6 Å². The van der Waals surface area contributed by atoms with Gasteiger partial charge in [-0.3, -0.25) is 9.59 Å². The van der Waals surface area contributed by atoms with Crippen molar-refractivity contribution in [2.75, 3.05) is 0 Å². The Labute approximate surface area is 173 Å². The number of thiophene rings is 1. The molecule has 2 unspecified atom stereocenters. The molecule has 0 saturated carbocycles. The number of carbonyl (C=O) groups is 2. The van der Waals surface area contributed by atoms with E-state index in [-0.39, 0.29) is 17.9 Å². The maximum absolute atomic E-state index is 13.0. The van der Waals surface area contributed by atoms with Crippen molar-refractivity contribution >= 4 is 34.8 Å². The van der Waals surface area contributed by atoms with Crippen molar-refractivity contribution in [1.82, 2.24) is 10.6 Å². The molecule has 1 heterocycles. The second-order valence-corrected chi connectivity index (χ2v) is 7.86. The first-order chi connectivity index (χ1) is 13.5. The van der Waals surface area contributed by atoms with E-state index in [2.05, 4.69) is 10.6 Å². The highest BCUT2D eigenvalue weighted by molar-refractivity contribution is 7.12. The summed E-state index contributed by atoms with van der Waals surface area (Å²) in [6, 6.07) is 19.6. The number of halogens is 1. The van der Waals surface area contributed by atoms with Crippen molar-refractivity contribution in [3.05, 3.63) is 93.1 Å². The van der Waals surface area contributed by atoms with E-state index in [0.717, 1.165) is 11.1 Å². The van der Waals surface area contributed by atoms with Gasteiger partial charge in [0.2, 0.25) is 5.91 Å². The van der Waals surface area contributed by atoms with Crippen LogP contribution in [0.4, 0.5) is 0 Å². The normalized spacial score (nSPS) is 12.8. The van der Waals surface area contributed by atoms with Gasteiger partial charge in [0.1, 0.15) is 6.04 Å². The van der Waals surface area contributed by atoms with E-state index in [4.69, 9.17) is 11.6 Å². The van der Waals surface area contributed by atoms with Crippen LogP contribution in [0.25, 0.3) is 0 Å². The first-order valence-electron chi connectivity index (χ1n) is 8.97. The zero-order valence-corrected chi connectivity index (χ0v) is 17.0. The van der Waals surface area contributed by atoms with Crippen LogP contribution in [0.5, 0.6) is 0 Å². The maximum atomic E-state index is 13.0. The van der Waals surface area contributed by atoms with Gasteiger partial charge in [-0.05, 0) is 41.6 Å². The summed E-state index contributed by atoms with van der Waals surface area (Å²) in [7, 11) is 0. The summed E-state index contributed by atoms with van der Waals surface area (Å²) in [5.41, 5.74) is 1.88. The van der Waals surface area contributed by atoms with Gasteiger partial charge in [0.25, 0.3) is 5.91 Å². The van der Waals surface area contributed by atoms with Gasteiger partial charge in [-0.2, -0.15) is 0 Å². The molecule has 6 heteroatoms. The lowest BCUT2D eigenvalue weighted by Gasteiger charge is -2.22. The van der Waals surface area contributed by atoms with Gasteiger partial charge in [0.15, 0.2) is 0 Å². The van der Waals surface area contributed by atoms with Crippen molar-refractivity contribution in [2.45, 2.75) is 25.4 Å². The second-order valence-electron chi connectivity index (χ2n) is 6.48. The highest BCUT2D eigenvalue weighted by atomic mass is 35.5. The van der Waals surface area contributed by atoms with Gasteiger partial charge in [-0.25, -0.2) is 0 Å². The fourth-order valence-corrected chi connectivity index (χ4v) is 3.70. The number of carbonyl (C=O) groups excluding carboxylic acids is 2. The number of benzene rings is 2. The summed E-state index contributed by atoms with van der Waals surface area (Å²) in [4.78, 5) is 26.1. The minimum absolute atomic E-state index is 0.233.